The molecule has 2 heterocycles. The van der Waals surface area contributed by atoms with Crippen LogP contribution < -0.4 is 5.32 Å². The smallest absolute Gasteiger partial charge is 0.408 e. The molecule has 2 aliphatic heterocycles. The number of carbonyl (C=O) groups excluding carboxylic acids is 2. The summed E-state index contributed by atoms with van der Waals surface area (Å²) in [6.07, 6.45) is -1.86. The van der Waals surface area contributed by atoms with E-state index in [1.165, 1.54) is 26.1 Å². The van der Waals surface area contributed by atoms with E-state index in [-0.39, 0.29) is 35.9 Å². The van der Waals surface area contributed by atoms with Gasteiger partial charge in [0, 0.05) is 35.9 Å². The van der Waals surface area contributed by atoms with E-state index in [1.54, 1.807) is 11.4 Å². The third kappa shape index (κ3) is 6.09. The van der Waals surface area contributed by atoms with Gasteiger partial charge in [-0.2, -0.15) is 13.2 Å². The summed E-state index contributed by atoms with van der Waals surface area (Å²) < 4.78 is 43.5. The van der Waals surface area contributed by atoms with Gasteiger partial charge in [-0.3, -0.25) is 30.0 Å². The highest BCUT2D eigenvalue weighted by Crippen LogP contribution is 2.29. The van der Waals surface area contributed by atoms with Crippen LogP contribution in [0.5, 0.6) is 0 Å². The van der Waals surface area contributed by atoms with Gasteiger partial charge >= 0.3 is 18.1 Å². The van der Waals surface area contributed by atoms with E-state index in [9.17, 15) is 43.0 Å². The first-order chi connectivity index (χ1) is 16.7. The van der Waals surface area contributed by atoms with Gasteiger partial charge in [0.25, 0.3) is 11.4 Å². The number of rotatable bonds is 9. The fraction of sp³-hybridized carbons (Fsp3) is 0.429. The number of alkyl halides is 3. The molecule has 0 saturated heterocycles. The molecule has 0 spiro atoms. The molecule has 1 unspecified atom stereocenters. The van der Waals surface area contributed by atoms with Crippen molar-refractivity contribution in [3.05, 3.63) is 55.8 Å². The highest BCUT2D eigenvalue weighted by atomic mass is 19.4. The van der Waals surface area contributed by atoms with Crippen LogP contribution in [0, 0.1) is 26.1 Å². The number of aryl methyl sites for hydroxylation is 1. The van der Waals surface area contributed by atoms with Crippen molar-refractivity contribution < 1.29 is 37.3 Å². The lowest BCUT2D eigenvalue weighted by molar-refractivity contribution is -0.394. The van der Waals surface area contributed by atoms with Crippen LogP contribution in [0.1, 0.15) is 32.3 Å². The number of ether oxygens (including phenoxy) is 1. The first-order valence-electron chi connectivity index (χ1n) is 10.5. The molecule has 0 radical (unpaired) electrons. The minimum Gasteiger partial charge on any atom is -0.408 e. The molecule has 36 heavy (non-hydrogen) atoms. The number of esters is 1. The first-order valence-corrected chi connectivity index (χ1v) is 10.5. The molecule has 2 atom stereocenters. The number of nitrogens with one attached hydrogen (secondary N) is 1. The number of cyclic esters (lactones) is 1. The average molecular weight is 511 g/mol. The molecule has 12 nitrogen and oxygen atoms in total. The Hall–Kier alpha value is -4.17. The van der Waals surface area contributed by atoms with Crippen LogP contribution >= 0.6 is 0 Å². The molecular formula is C21H20F3N5O7. The molecule has 0 aliphatic carbocycles. The number of halogens is 3. The quantitative estimate of drug-likeness (QED) is 0.302. The summed E-state index contributed by atoms with van der Waals surface area (Å²) in [5.74, 6) is -3.74. The Morgan fingerprint density at radius 1 is 1.25 bits per heavy atom. The van der Waals surface area contributed by atoms with Crippen LogP contribution in [0.2, 0.25) is 0 Å². The summed E-state index contributed by atoms with van der Waals surface area (Å²) in [6.45, 7) is 2.82. The van der Waals surface area contributed by atoms with Crippen molar-refractivity contribution in [2.24, 2.45) is 15.9 Å². The third-order valence-corrected chi connectivity index (χ3v) is 5.42. The lowest BCUT2D eigenvalue weighted by Crippen LogP contribution is -2.47. The summed E-state index contributed by atoms with van der Waals surface area (Å²) in [5, 5.41) is 24.0. The lowest BCUT2D eigenvalue weighted by atomic mass is 9.98. The van der Waals surface area contributed by atoms with Crippen LogP contribution in [0.15, 0.2) is 40.0 Å². The van der Waals surface area contributed by atoms with E-state index >= 15 is 0 Å². The number of allylic oxidation sites excluding steroid dienone is 1. The van der Waals surface area contributed by atoms with Crippen molar-refractivity contribution in [3.63, 3.8) is 0 Å². The number of nitrogens with zero attached hydrogens (tertiary/aromatic N) is 4. The topological polar surface area (TPSA) is 166 Å². The Morgan fingerprint density at radius 2 is 1.94 bits per heavy atom. The summed E-state index contributed by atoms with van der Waals surface area (Å²) in [4.78, 5) is 52.3. The van der Waals surface area contributed by atoms with Crippen LogP contribution in [0.25, 0.3) is 0 Å². The number of amides is 1. The molecule has 0 bridgehead atoms. The molecule has 2 aliphatic rings. The van der Waals surface area contributed by atoms with E-state index in [1.807, 2.05) is 0 Å². The van der Waals surface area contributed by atoms with Crippen LogP contribution in [-0.4, -0.2) is 51.6 Å². The highest BCUT2D eigenvalue weighted by molar-refractivity contribution is 6.03. The zero-order valence-electron chi connectivity index (χ0n) is 18.9. The second-order valence-electron chi connectivity index (χ2n) is 8.59. The van der Waals surface area contributed by atoms with Crippen LogP contribution in [0.3, 0.4) is 0 Å². The number of aliphatic imine (C=N–C) groups is 2. The summed E-state index contributed by atoms with van der Waals surface area (Å²) >= 11 is 0. The van der Waals surface area contributed by atoms with E-state index in [0.717, 1.165) is 12.1 Å². The highest BCUT2D eigenvalue weighted by Gasteiger charge is 2.44. The Bertz CT molecular complexity index is 1210. The molecule has 0 aromatic heterocycles. The van der Waals surface area contributed by atoms with Crippen molar-refractivity contribution in [2.45, 2.75) is 50.9 Å². The molecule has 192 valence electrons. The van der Waals surface area contributed by atoms with Gasteiger partial charge < -0.3 is 10.1 Å². The van der Waals surface area contributed by atoms with E-state index < -0.39 is 50.9 Å². The Labute approximate surface area is 201 Å². The number of hydrogen-bond donors (Lipinski definition) is 1. The van der Waals surface area contributed by atoms with Crippen LogP contribution in [0.4, 0.5) is 24.5 Å². The van der Waals surface area contributed by atoms with Gasteiger partial charge in [0.1, 0.15) is 6.04 Å². The maximum absolute atomic E-state index is 12.8. The Kier molecular flexibility index (Phi) is 7.22. The minimum atomic E-state index is -5.17. The van der Waals surface area contributed by atoms with Gasteiger partial charge in [0.05, 0.1) is 15.9 Å². The van der Waals surface area contributed by atoms with E-state index in [0.29, 0.717) is 6.42 Å². The van der Waals surface area contributed by atoms with Gasteiger partial charge in [-0.1, -0.05) is 6.08 Å². The first kappa shape index (κ1) is 26.4. The molecule has 1 aromatic rings. The predicted octanol–water partition coefficient (Wildman–Crippen LogP) is 3.19. The molecule has 1 amide bonds. The van der Waals surface area contributed by atoms with Gasteiger partial charge in [-0.15, -0.1) is 0 Å². The Morgan fingerprint density at radius 3 is 2.50 bits per heavy atom. The Balaban J connectivity index is 1.73. The van der Waals surface area contributed by atoms with Crippen molar-refractivity contribution in [1.82, 2.24) is 5.32 Å². The van der Waals surface area contributed by atoms with Gasteiger partial charge in [-0.05, 0) is 32.8 Å². The van der Waals surface area contributed by atoms with Crippen molar-refractivity contribution in [1.29, 1.82) is 0 Å². The number of hydrogen-bond acceptors (Lipinski definition) is 9. The zero-order chi connectivity index (χ0) is 26.8. The fourth-order valence-electron chi connectivity index (χ4n) is 3.53. The summed E-state index contributed by atoms with van der Waals surface area (Å²) in [7, 11) is 0. The van der Waals surface area contributed by atoms with Crippen LogP contribution in [-0.2, 0) is 20.7 Å². The predicted molar refractivity (Wildman–Crippen MR) is 118 cm³/mol. The van der Waals surface area contributed by atoms with Gasteiger partial charge in [0.2, 0.25) is 5.90 Å². The van der Waals surface area contributed by atoms with Crippen molar-refractivity contribution in [2.75, 3.05) is 0 Å². The molecule has 0 fully saturated rings. The second-order valence-corrected chi connectivity index (χ2v) is 8.59. The monoisotopic (exact) mass is 511 g/mol. The van der Waals surface area contributed by atoms with E-state index in [2.05, 4.69) is 9.98 Å². The largest absolute Gasteiger partial charge is 0.471 e. The summed E-state index contributed by atoms with van der Waals surface area (Å²) in [6, 6.07) is 1.91. The molecule has 3 rings (SSSR count). The average Bonchev–Trinajstić information content (AvgIpc) is 3.33. The molecule has 1 aromatic carbocycles. The third-order valence-electron chi connectivity index (χ3n) is 5.42. The normalized spacial score (nSPS) is 19.4. The van der Waals surface area contributed by atoms with Gasteiger partial charge in [0.15, 0.2) is 5.54 Å². The zero-order valence-corrected chi connectivity index (χ0v) is 18.9. The molecule has 0 saturated carbocycles. The number of nitro benzene ring substituents is 2. The number of benzene rings is 1. The minimum absolute atomic E-state index is 0.168. The SMILES string of the molecule is CC1(C)N=C([C@H](CC2=CC(CCc3ccc([N+](=O)[O-])cc3[N+](=O)[O-])C=N2)NC(=O)C(F)(F)F)OC1=O. The second kappa shape index (κ2) is 9.83. The number of carbonyl (C=O) groups is 2. The fourth-order valence-corrected chi connectivity index (χ4v) is 3.53. The maximum atomic E-state index is 12.8. The molecule has 1 N–H and O–H groups in total. The maximum Gasteiger partial charge on any atom is 0.471 e. The van der Waals surface area contributed by atoms with Crippen molar-refractivity contribution in [3.8, 4) is 0 Å². The number of nitro groups is 2. The molecule has 15 heteroatoms. The van der Waals surface area contributed by atoms with E-state index in [4.69, 9.17) is 4.74 Å². The van der Waals surface area contributed by atoms with Gasteiger partial charge in [-0.25, -0.2) is 9.79 Å². The molecular weight excluding hydrogens is 491 g/mol. The number of non-ortho nitro benzene ring substituents is 1. The summed E-state index contributed by atoms with van der Waals surface area (Å²) in [5.41, 5.74) is -1.59. The standard InChI is InChI=1S/C21H20F3N5O7/c1-20(2)19(31)36-17(27-20)15(26-18(30)21(22,23)24)8-13-7-11(10-25-13)3-4-12-5-6-14(28(32)33)9-16(12)29(34)35/h5-7,9-11,15H,3-4,8H2,1-2H3,(H,26,30)/t11?,15-/m0/s1. The van der Waals surface area contributed by atoms with Crippen molar-refractivity contribution >= 4 is 35.4 Å². The lowest BCUT2D eigenvalue weighted by Gasteiger charge is -2.18.